The monoisotopic (exact) mass is 458 g/mol. The summed E-state index contributed by atoms with van der Waals surface area (Å²) in [4.78, 5) is 22.2. The van der Waals surface area contributed by atoms with Gasteiger partial charge in [0, 0.05) is 23.8 Å². The zero-order valence-electron chi connectivity index (χ0n) is 20.0. The Hall–Kier alpha value is -1.01. The summed E-state index contributed by atoms with van der Waals surface area (Å²) in [5.41, 5.74) is 1.32. The highest BCUT2D eigenvalue weighted by Crippen LogP contribution is 2.28. The van der Waals surface area contributed by atoms with Crippen LogP contribution in [0.4, 0.5) is 0 Å². The number of carbonyl (C=O) groups is 2. The summed E-state index contributed by atoms with van der Waals surface area (Å²) in [5, 5.41) is 9.65. The number of hydrogen-bond acceptors (Lipinski definition) is 6. The number of thioether (sulfide) groups is 1. The van der Waals surface area contributed by atoms with E-state index in [2.05, 4.69) is 16.1 Å². The molecule has 1 N–H and O–H groups in total. The summed E-state index contributed by atoms with van der Waals surface area (Å²) < 4.78 is 9.32. The van der Waals surface area contributed by atoms with Gasteiger partial charge in [-0.2, -0.15) is 11.8 Å². The zero-order chi connectivity index (χ0) is 23.2. The number of rotatable bonds is 22. The Morgan fingerprint density at radius 2 is 1.16 bits per heavy atom. The molecule has 0 aromatic carbocycles. The molecule has 0 rings (SSSR count). The van der Waals surface area contributed by atoms with Crippen LogP contribution >= 0.6 is 11.8 Å². The highest BCUT2D eigenvalue weighted by molar-refractivity contribution is 8.00. The lowest BCUT2D eigenvalue weighted by molar-refractivity contribution is -0.141. The lowest BCUT2D eigenvalue weighted by Gasteiger charge is -2.19. The van der Waals surface area contributed by atoms with Crippen LogP contribution in [0.25, 0.3) is 0 Å². The largest absolute Gasteiger partial charge is 0.469 e. The second-order valence-corrected chi connectivity index (χ2v) is 9.49. The fourth-order valence-electron chi connectivity index (χ4n) is 3.60. The summed E-state index contributed by atoms with van der Waals surface area (Å²) in [6.45, 7) is 4.57. The van der Waals surface area contributed by atoms with Gasteiger partial charge in [-0.05, 0) is 32.1 Å². The van der Waals surface area contributed by atoms with Gasteiger partial charge in [0.1, 0.15) is 0 Å². The SMILES string of the molecule is C=C(CCCCCCCCC(=O)OC)C(CCCCCCCCC(=O)OC)SCCO. The van der Waals surface area contributed by atoms with E-state index in [1.165, 1.54) is 71.2 Å². The first-order valence-electron chi connectivity index (χ1n) is 12.1. The van der Waals surface area contributed by atoms with E-state index in [0.29, 0.717) is 18.1 Å². The molecule has 0 spiro atoms. The second kappa shape index (κ2) is 22.2. The van der Waals surface area contributed by atoms with Crippen molar-refractivity contribution in [2.45, 2.75) is 108 Å². The summed E-state index contributed by atoms with van der Waals surface area (Å²) in [6, 6.07) is 0. The molecule has 0 aliphatic rings. The van der Waals surface area contributed by atoms with Crippen molar-refractivity contribution >= 4 is 23.7 Å². The van der Waals surface area contributed by atoms with Crippen LogP contribution in [0, 0.1) is 0 Å². The molecule has 0 fully saturated rings. The minimum atomic E-state index is -0.110. The second-order valence-electron chi connectivity index (χ2n) is 8.17. The molecule has 1 unspecified atom stereocenters. The van der Waals surface area contributed by atoms with Crippen LogP contribution < -0.4 is 0 Å². The topological polar surface area (TPSA) is 72.8 Å². The average Bonchev–Trinajstić information content (AvgIpc) is 2.78. The van der Waals surface area contributed by atoms with E-state index in [1.54, 1.807) is 0 Å². The van der Waals surface area contributed by atoms with E-state index in [9.17, 15) is 14.7 Å². The number of hydrogen-bond donors (Lipinski definition) is 1. The molecule has 31 heavy (non-hydrogen) atoms. The van der Waals surface area contributed by atoms with Gasteiger partial charge < -0.3 is 14.6 Å². The standard InChI is InChI=1S/C25H46O5S/c1-22(16-12-8-4-6-10-14-18-24(27)29-2)23(31-21-20-26)17-13-9-5-7-11-15-19-25(28)30-3/h23,26H,1,4-21H2,2-3H3. The van der Waals surface area contributed by atoms with Gasteiger partial charge in [0.25, 0.3) is 0 Å². The molecule has 0 radical (unpaired) electrons. The Bertz CT molecular complexity index is 467. The quantitative estimate of drug-likeness (QED) is 0.118. The molecule has 0 saturated carbocycles. The lowest BCUT2D eigenvalue weighted by atomic mass is 10.00. The van der Waals surface area contributed by atoms with Crippen molar-refractivity contribution in [1.82, 2.24) is 0 Å². The Labute approximate surface area is 194 Å². The fraction of sp³-hybridized carbons (Fsp3) is 0.840. The summed E-state index contributed by atoms with van der Waals surface area (Å²) in [7, 11) is 2.88. The molecular formula is C25H46O5S. The van der Waals surface area contributed by atoms with Crippen LogP contribution in [-0.4, -0.2) is 48.9 Å². The molecule has 0 aromatic heterocycles. The Kier molecular flexibility index (Phi) is 21.5. The number of aliphatic hydroxyl groups excluding tert-OH is 1. The molecule has 5 nitrogen and oxygen atoms in total. The van der Waals surface area contributed by atoms with Crippen LogP contribution in [-0.2, 0) is 19.1 Å². The fourth-order valence-corrected chi connectivity index (χ4v) is 4.68. The smallest absolute Gasteiger partial charge is 0.305 e. The molecule has 0 heterocycles. The first-order chi connectivity index (χ1) is 15.0. The Morgan fingerprint density at radius 3 is 1.61 bits per heavy atom. The Morgan fingerprint density at radius 1 is 0.742 bits per heavy atom. The molecular weight excluding hydrogens is 412 g/mol. The van der Waals surface area contributed by atoms with Gasteiger partial charge in [-0.3, -0.25) is 9.59 Å². The molecule has 0 saturated heterocycles. The van der Waals surface area contributed by atoms with Crippen molar-refractivity contribution in [2.24, 2.45) is 0 Å². The molecule has 6 heteroatoms. The van der Waals surface area contributed by atoms with Crippen molar-refractivity contribution in [3.05, 3.63) is 12.2 Å². The average molecular weight is 459 g/mol. The number of ether oxygens (including phenoxy) is 2. The van der Waals surface area contributed by atoms with Gasteiger partial charge in [0.05, 0.1) is 20.8 Å². The molecule has 182 valence electrons. The summed E-state index contributed by atoms with van der Waals surface area (Å²) >= 11 is 1.84. The van der Waals surface area contributed by atoms with Crippen molar-refractivity contribution in [3.8, 4) is 0 Å². The number of unbranched alkanes of at least 4 members (excludes halogenated alkanes) is 10. The van der Waals surface area contributed by atoms with Crippen molar-refractivity contribution in [1.29, 1.82) is 0 Å². The van der Waals surface area contributed by atoms with Crippen LogP contribution in [0.3, 0.4) is 0 Å². The highest BCUT2D eigenvalue weighted by Gasteiger charge is 2.13. The number of esters is 2. The predicted octanol–water partition coefficient (Wildman–Crippen LogP) is 6.22. The zero-order valence-corrected chi connectivity index (χ0v) is 20.8. The maximum Gasteiger partial charge on any atom is 0.305 e. The number of aliphatic hydroxyl groups is 1. The third-order valence-electron chi connectivity index (χ3n) is 5.55. The van der Waals surface area contributed by atoms with Gasteiger partial charge in [-0.1, -0.05) is 69.9 Å². The van der Waals surface area contributed by atoms with Gasteiger partial charge in [0.15, 0.2) is 0 Å². The van der Waals surface area contributed by atoms with E-state index >= 15 is 0 Å². The van der Waals surface area contributed by atoms with Gasteiger partial charge in [0.2, 0.25) is 0 Å². The summed E-state index contributed by atoms with van der Waals surface area (Å²) in [5.74, 6) is 0.555. The molecule has 0 aliphatic heterocycles. The minimum absolute atomic E-state index is 0.110. The van der Waals surface area contributed by atoms with Crippen LogP contribution in [0.2, 0.25) is 0 Å². The van der Waals surface area contributed by atoms with E-state index < -0.39 is 0 Å². The lowest BCUT2D eigenvalue weighted by Crippen LogP contribution is -2.08. The van der Waals surface area contributed by atoms with Crippen molar-refractivity contribution in [2.75, 3.05) is 26.6 Å². The predicted molar refractivity (Wildman–Crippen MR) is 130 cm³/mol. The first-order valence-corrected chi connectivity index (χ1v) is 13.1. The van der Waals surface area contributed by atoms with E-state index in [-0.39, 0.29) is 18.5 Å². The highest BCUT2D eigenvalue weighted by atomic mass is 32.2. The molecule has 0 bridgehead atoms. The first kappa shape index (κ1) is 30.0. The van der Waals surface area contributed by atoms with E-state index in [4.69, 9.17) is 0 Å². The van der Waals surface area contributed by atoms with Crippen molar-refractivity contribution in [3.63, 3.8) is 0 Å². The third-order valence-corrected chi connectivity index (χ3v) is 6.94. The normalized spacial score (nSPS) is 11.8. The molecule has 0 aliphatic carbocycles. The number of carbonyl (C=O) groups excluding carboxylic acids is 2. The molecule has 1 atom stereocenters. The molecule has 0 amide bonds. The van der Waals surface area contributed by atoms with Gasteiger partial charge in [-0.25, -0.2) is 0 Å². The number of methoxy groups -OCH3 is 2. The maximum absolute atomic E-state index is 11.1. The van der Waals surface area contributed by atoms with Gasteiger partial charge in [-0.15, -0.1) is 0 Å². The third kappa shape index (κ3) is 19.4. The van der Waals surface area contributed by atoms with Crippen LogP contribution in [0.15, 0.2) is 12.2 Å². The van der Waals surface area contributed by atoms with Crippen LogP contribution in [0.5, 0.6) is 0 Å². The molecule has 0 aromatic rings. The van der Waals surface area contributed by atoms with Crippen LogP contribution in [0.1, 0.15) is 103 Å². The van der Waals surface area contributed by atoms with Crippen molar-refractivity contribution < 1.29 is 24.2 Å². The summed E-state index contributed by atoms with van der Waals surface area (Å²) in [6.07, 6.45) is 16.8. The van der Waals surface area contributed by atoms with E-state index in [0.717, 1.165) is 44.3 Å². The minimum Gasteiger partial charge on any atom is -0.469 e. The van der Waals surface area contributed by atoms with Gasteiger partial charge >= 0.3 is 11.9 Å². The maximum atomic E-state index is 11.1. The van der Waals surface area contributed by atoms with E-state index in [1.807, 2.05) is 11.8 Å². The Balaban J connectivity index is 3.82.